The quantitative estimate of drug-likeness (QED) is 0.477. The van der Waals surface area contributed by atoms with Gasteiger partial charge in [-0.3, -0.25) is 9.10 Å². The Bertz CT molecular complexity index is 1480. The Balaban J connectivity index is 1.43. The van der Waals surface area contributed by atoms with Gasteiger partial charge in [-0.25, -0.2) is 22.0 Å². The van der Waals surface area contributed by atoms with Crippen LogP contribution in [-0.4, -0.2) is 35.9 Å². The molecule has 12 heteroatoms. The monoisotopic (exact) mass is 535 g/mol. The number of sulfonamides is 2. The zero-order valence-electron chi connectivity index (χ0n) is 18.3. The number of hydrogen-bond donors (Lipinski definition) is 2. The minimum atomic E-state index is -3.84. The van der Waals surface area contributed by atoms with Crippen molar-refractivity contribution in [3.8, 4) is 5.75 Å². The van der Waals surface area contributed by atoms with Crippen molar-refractivity contribution in [2.24, 2.45) is 5.14 Å². The molecule has 0 radical (unpaired) electrons. The number of halogens is 1. The van der Waals surface area contributed by atoms with E-state index < -0.39 is 32.6 Å². The van der Waals surface area contributed by atoms with Gasteiger partial charge in [-0.15, -0.1) is 0 Å². The maximum absolute atomic E-state index is 13.3. The first-order valence-corrected chi connectivity index (χ1v) is 13.9. The van der Waals surface area contributed by atoms with Gasteiger partial charge in [0.15, 0.2) is 6.61 Å². The van der Waals surface area contributed by atoms with Crippen LogP contribution in [0, 0.1) is 0 Å². The van der Waals surface area contributed by atoms with Crippen LogP contribution in [0.2, 0.25) is 5.02 Å². The summed E-state index contributed by atoms with van der Waals surface area (Å²) in [5.74, 6) is -0.379. The third-order valence-corrected chi connectivity index (χ3v) is 8.42. The number of ether oxygens (including phenoxy) is 1. The third kappa shape index (κ3) is 5.59. The van der Waals surface area contributed by atoms with Crippen LogP contribution < -0.4 is 19.5 Å². The minimum absolute atomic E-state index is 0.0194. The molecular formula is C23H22ClN3O6S2. The molecule has 1 aliphatic rings. The van der Waals surface area contributed by atoms with Crippen molar-refractivity contribution in [1.29, 1.82) is 0 Å². The van der Waals surface area contributed by atoms with E-state index in [4.69, 9.17) is 21.5 Å². The Morgan fingerprint density at radius 1 is 1.00 bits per heavy atom. The second kappa shape index (κ2) is 9.86. The molecule has 0 saturated carbocycles. The molecule has 4 rings (SSSR count). The lowest BCUT2D eigenvalue weighted by Gasteiger charge is -2.30. The Morgan fingerprint density at radius 2 is 1.69 bits per heavy atom. The average Bonchev–Trinajstić information content (AvgIpc) is 2.82. The molecule has 3 N–H and O–H groups in total. The van der Waals surface area contributed by atoms with Crippen molar-refractivity contribution in [2.75, 3.05) is 22.8 Å². The van der Waals surface area contributed by atoms with Gasteiger partial charge >= 0.3 is 0 Å². The second-order valence-electron chi connectivity index (χ2n) is 7.81. The third-order valence-electron chi connectivity index (χ3n) is 5.38. The Hall–Kier alpha value is -3.12. The number of nitrogens with zero attached hydrogens (tertiary/aromatic N) is 1. The molecule has 0 bridgehead atoms. The zero-order valence-corrected chi connectivity index (χ0v) is 20.7. The first-order chi connectivity index (χ1) is 16.6. The summed E-state index contributed by atoms with van der Waals surface area (Å²) in [6, 6.07) is 16.8. The summed E-state index contributed by atoms with van der Waals surface area (Å²) in [6.45, 7) is -0.0319. The van der Waals surface area contributed by atoms with Gasteiger partial charge in [0, 0.05) is 12.2 Å². The average molecular weight is 536 g/mol. The van der Waals surface area contributed by atoms with Gasteiger partial charge in [0.05, 0.1) is 20.5 Å². The fraction of sp³-hybridized carbons (Fsp3) is 0.174. The molecule has 0 aliphatic carbocycles. The van der Waals surface area contributed by atoms with E-state index >= 15 is 0 Å². The molecule has 9 nitrogen and oxygen atoms in total. The van der Waals surface area contributed by atoms with Crippen molar-refractivity contribution in [3.63, 3.8) is 0 Å². The summed E-state index contributed by atoms with van der Waals surface area (Å²) in [5.41, 5.74) is 1.97. The topological polar surface area (TPSA) is 136 Å². The van der Waals surface area contributed by atoms with Crippen LogP contribution in [0.4, 0.5) is 11.4 Å². The van der Waals surface area contributed by atoms with E-state index in [1.54, 1.807) is 12.1 Å². The van der Waals surface area contributed by atoms with Crippen molar-refractivity contribution in [2.45, 2.75) is 22.6 Å². The fourth-order valence-corrected chi connectivity index (χ4v) is 6.09. The molecular weight excluding hydrogens is 514 g/mol. The van der Waals surface area contributed by atoms with Crippen molar-refractivity contribution >= 4 is 48.9 Å². The minimum Gasteiger partial charge on any atom is -0.482 e. The highest BCUT2D eigenvalue weighted by Crippen LogP contribution is 2.34. The van der Waals surface area contributed by atoms with Gasteiger partial charge < -0.3 is 10.1 Å². The van der Waals surface area contributed by atoms with Crippen LogP contribution in [0.5, 0.6) is 5.75 Å². The van der Waals surface area contributed by atoms with Crippen molar-refractivity contribution < 1.29 is 26.4 Å². The normalized spacial score (nSPS) is 13.7. The summed E-state index contributed by atoms with van der Waals surface area (Å²) < 4.78 is 56.0. The summed E-state index contributed by atoms with van der Waals surface area (Å²) in [5, 5.41) is 7.64. The lowest BCUT2D eigenvalue weighted by molar-refractivity contribution is -0.118. The Kier molecular flexibility index (Phi) is 7.04. The van der Waals surface area contributed by atoms with Crippen molar-refractivity contribution in [1.82, 2.24) is 0 Å². The maximum Gasteiger partial charge on any atom is 0.264 e. The maximum atomic E-state index is 13.3. The first kappa shape index (κ1) is 25.0. The number of rotatable bonds is 7. The SMILES string of the molecule is NS(=O)(=O)c1ccc(NC(=O)COc2ccc(S(=O)(=O)N3CCCc4ccccc43)cc2Cl)cc1. The first-order valence-electron chi connectivity index (χ1n) is 10.5. The molecule has 184 valence electrons. The largest absolute Gasteiger partial charge is 0.482 e. The van der Waals surface area contributed by atoms with Gasteiger partial charge in [0.25, 0.3) is 15.9 Å². The van der Waals surface area contributed by atoms with E-state index in [1.165, 1.54) is 46.8 Å². The lowest BCUT2D eigenvalue weighted by Crippen LogP contribution is -2.35. The summed E-state index contributed by atoms with van der Waals surface area (Å²) in [7, 11) is -7.67. The number of aryl methyl sites for hydroxylation is 1. The predicted molar refractivity (Wildman–Crippen MR) is 133 cm³/mol. The highest BCUT2D eigenvalue weighted by Gasteiger charge is 2.29. The Labute approximate surface area is 208 Å². The molecule has 0 fully saturated rings. The van der Waals surface area contributed by atoms with Crippen LogP contribution >= 0.6 is 11.6 Å². The number of hydrogen-bond acceptors (Lipinski definition) is 6. The number of carbonyl (C=O) groups excluding carboxylic acids is 1. The van der Waals surface area contributed by atoms with Crippen LogP contribution in [0.15, 0.2) is 76.5 Å². The molecule has 35 heavy (non-hydrogen) atoms. The molecule has 0 aromatic heterocycles. The number of nitrogens with one attached hydrogen (secondary N) is 1. The Morgan fingerprint density at radius 3 is 2.37 bits per heavy atom. The lowest BCUT2D eigenvalue weighted by atomic mass is 10.0. The van der Waals surface area contributed by atoms with Gasteiger partial charge in [0.1, 0.15) is 5.75 Å². The molecule has 1 aliphatic heterocycles. The van der Waals surface area contributed by atoms with E-state index in [-0.39, 0.29) is 20.6 Å². The predicted octanol–water partition coefficient (Wildman–Crippen LogP) is 3.15. The van der Waals surface area contributed by atoms with Crippen molar-refractivity contribution in [3.05, 3.63) is 77.3 Å². The number of anilines is 2. The van der Waals surface area contributed by atoms with Crippen LogP contribution in [0.1, 0.15) is 12.0 Å². The number of amides is 1. The molecule has 1 amide bonds. The van der Waals surface area contributed by atoms with E-state index in [0.717, 1.165) is 12.0 Å². The van der Waals surface area contributed by atoms with Gasteiger partial charge in [-0.1, -0.05) is 29.8 Å². The molecule has 3 aromatic rings. The second-order valence-corrected chi connectivity index (χ2v) is 11.6. The molecule has 0 atom stereocenters. The number of para-hydroxylation sites is 1. The molecule has 3 aromatic carbocycles. The molecule has 0 saturated heterocycles. The number of benzene rings is 3. The van der Waals surface area contributed by atoms with Crippen LogP contribution in [0.3, 0.4) is 0 Å². The fourth-order valence-electron chi connectivity index (χ4n) is 3.70. The molecule has 0 spiro atoms. The summed E-state index contributed by atoms with van der Waals surface area (Å²) in [4.78, 5) is 12.1. The van der Waals surface area contributed by atoms with Gasteiger partial charge in [-0.05, 0) is 66.9 Å². The molecule has 0 unspecified atom stereocenters. The molecule has 1 heterocycles. The highest BCUT2D eigenvalue weighted by molar-refractivity contribution is 7.92. The number of primary sulfonamides is 1. The highest BCUT2D eigenvalue weighted by atomic mass is 35.5. The van der Waals surface area contributed by atoms with E-state index in [9.17, 15) is 21.6 Å². The van der Waals surface area contributed by atoms with Gasteiger partial charge in [-0.2, -0.15) is 0 Å². The van der Waals surface area contributed by atoms with E-state index in [0.29, 0.717) is 24.3 Å². The van der Waals surface area contributed by atoms with Gasteiger partial charge in [0.2, 0.25) is 10.0 Å². The zero-order chi connectivity index (χ0) is 25.2. The van der Waals surface area contributed by atoms with Crippen LogP contribution in [-0.2, 0) is 31.3 Å². The van der Waals surface area contributed by atoms with E-state index in [1.807, 2.05) is 12.1 Å². The number of fused-ring (bicyclic) bond motifs is 1. The smallest absolute Gasteiger partial charge is 0.264 e. The number of carbonyl (C=O) groups is 1. The number of nitrogens with two attached hydrogens (primary N) is 1. The van der Waals surface area contributed by atoms with E-state index in [2.05, 4.69) is 5.32 Å². The van der Waals surface area contributed by atoms with Crippen LogP contribution in [0.25, 0.3) is 0 Å². The summed E-state index contributed by atoms with van der Waals surface area (Å²) in [6.07, 6.45) is 1.53. The summed E-state index contributed by atoms with van der Waals surface area (Å²) >= 11 is 6.27. The standard InChI is InChI=1S/C23H22ClN3O6S2/c24-20-14-19(35(31,32)27-13-3-5-16-4-1-2-6-21(16)27)11-12-22(20)33-15-23(28)26-17-7-9-18(10-8-17)34(25,29)30/h1-2,4,6-12,14H,3,5,13,15H2,(H,26,28)(H2,25,29,30).